The molecule has 1 N–H and O–H groups in total. The molecule has 1 aromatic carbocycles. The normalized spacial score (nSPS) is 18.0. The van der Waals surface area contributed by atoms with Crippen LogP contribution in [0.1, 0.15) is 36.2 Å². The van der Waals surface area contributed by atoms with Crippen molar-refractivity contribution < 1.29 is 9.52 Å². The van der Waals surface area contributed by atoms with Crippen molar-refractivity contribution in [3.8, 4) is 0 Å². The van der Waals surface area contributed by atoms with Gasteiger partial charge in [0.1, 0.15) is 11.6 Å². The van der Waals surface area contributed by atoms with Crippen LogP contribution in [0.2, 0.25) is 0 Å². The Morgan fingerprint density at radius 3 is 2.96 bits per heavy atom. The number of likely N-dealkylation sites (tertiary alicyclic amines) is 1. The number of nitrogens with zero attached hydrogens (tertiary/aromatic N) is 4. The first-order chi connectivity index (χ1) is 12.7. The van der Waals surface area contributed by atoms with Crippen molar-refractivity contribution in [2.24, 2.45) is 0 Å². The summed E-state index contributed by atoms with van der Waals surface area (Å²) in [7, 11) is 0. The molecule has 0 bridgehead atoms. The van der Waals surface area contributed by atoms with E-state index in [0.717, 1.165) is 36.7 Å². The van der Waals surface area contributed by atoms with Crippen LogP contribution in [-0.4, -0.2) is 37.7 Å². The zero-order valence-corrected chi connectivity index (χ0v) is 14.8. The molecule has 0 amide bonds. The van der Waals surface area contributed by atoms with Crippen molar-refractivity contribution in [1.29, 1.82) is 0 Å². The third kappa shape index (κ3) is 2.93. The van der Waals surface area contributed by atoms with Gasteiger partial charge in [-0.25, -0.2) is 9.97 Å². The summed E-state index contributed by atoms with van der Waals surface area (Å²) < 4.78 is 6.94. The lowest BCUT2D eigenvalue weighted by molar-refractivity contribution is 0.220. The quantitative estimate of drug-likeness (QED) is 0.755. The van der Waals surface area contributed by atoms with Crippen LogP contribution in [0, 0.1) is 6.92 Å². The third-order valence-electron chi connectivity index (χ3n) is 5.07. The summed E-state index contributed by atoms with van der Waals surface area (Å²) >= 11 is 0. The molecule has 1 fully saturated rings. The predicted octanol–water partition coefficient (Wildman–Crippen LogP) is 2.02. The van der Waals surface area contributed by atoms with E-state index in [0.29, 0.717) is 17.4 Å². The molecule has 1 atom stereocenters. The van der Waals surface area contributed by atoms with Crippen LogP contribution < -0.4 is 5.56 Å². The van der Waals surface area contributed by atoms with Crippen LogP contribution in [0.5, 0.6) is 0 Å². The van der Waals surface area contributed by atoms with E-state index in [1.54, 1.807) is 10.6 Å². The topological polar surface area (TPSA) is 84.4 Å². The van der Waals surface area contributed by atoms with E-state index in [9.17, 15) is 9.90 Å². The highest BCUT2D eigenvalue weighted by Gasteiger charge is 2.31. The molecule has 26 heavy (non-hydrogen) atoms. The second-order valence-electron chi connectivity index (χ2n) is 6.65. The number of aliphatic hydroxyl groups is 1. The van der Waals surface area contributed by atoms with E-state index in [1.165, 1.54) is 6.39 Å². The maximum atomic E-state index is 12.9. The van der Waals surface area contributed by atoms with Gasteiger partial charge in [0, 0.05) is 6.54 Å². The molecule has 0 saturated carbocycles. The summed E-state index contributed by atoms with van der Waals surface area (Å²) in [5.74, 6) is 1.54. The summed E-state index contributed by atoms with van der Waals surface area (Å²) in [6.07, 6.45) is 3.42. The Balaban J connectivity index is 1.77. The van der Waals surface area contributed by atoms with E-state index >= 15 is 0 Å². The molecule has 0 aliphatic carbocycles. The molecular formula is C19H22N4O3. The van der Waals surface area contributed by atoms with Gasteiger partial charge in [-0.3, -0.25) is 14.3 Å². The zero-order chi connectivity index (χ0) is 18.1. The molecule has 0 spiro atoms. The maximum absolute atomic E-state index is 12.9. The summed E-state index contributed by atoms with van der Waals surface area (Å²) in [5.41, 5.74) is 1.52. The number of rotatable bonds is 5. The van der Waals surface area contributed by atoms with Crippen molar-refractivity contribution in [3.63, 3.8) is 0 Å². The molecule has 1 aliphatic heterocycles. The second-order valence-corrected chi connectivity index (χ2v) is 6.65. The minimum absolute atomic E-state index is 0.0231. The first kappa shape index (κ1) is 16.9. The molecule has 0 radical (unpaired) electrons. The van der Waals surface area contributed by atoms with Crippen molar-refractivity contribution in [2.75, 3.05) is 13.2 Å². The Kier molecular flexibility index (Phi) is 4.57. The highest BCUT2D eigenvalue weighted by molar-refractivity contribution is 5.77. The molecule has 1 saturated heterocycles. The molecule has 4 rings (SSSR count). The van der Waals surface area contributed by atoms with Gasteiger partial charge in [0.25, 0.3) is 5.56 Å². The molecule has 3 aromatic rings. The minimum Gasteiger partial charge on any atom is -0.448 e. The fraction of sp³-hybridized carbons (Fsp3) is 0.421. The molecule has 7 heteroatoms. The van der Waals surface area contributed by atoms with Gasteiger partial charge in [-0.05, 0) is 38.4 Å². The van der Waals surface area contributed by atoms with Crippen molar-refractivity contribution in [1.82, 2.24) is 19.4 Å². The van der Waals surface area contributed by atoms with E-state index in [4.69, 9.17) is 9.40 Å². The van der Waals surface area contributed by atoms with Gasteiger partial charge in [-0.1, -0.05) is 12.1 Å². The number of oxazole rings is 1. The summed E-state index contributed by atoms with van der Waals surface area (Å²) in [5, 5.41) is 10.1. The van der Waals surface area contributed by atoms with Crippen LogP contribution in [-0.2, 0) is 13.1 Å². The Morgan fingerprint density at radius 2 is 2.19 bits per heavy atom. The fourth-order valence-electron chi connectivity index (χ4n) is 3.74. The number of hydrogen-bond donors (Lipinski definition) is 1. The Hall–Kier alpha value is -2.51. The van der Waals surface area contributed by atoms with E-state index < -0.39 is 0 Å². The Bertz CT molecular complexity index is 978. The van der Waals surface area contributed by atoms with Crippen LogP contribution in [0.15, 0.2) is 39.9 Å². The predicted molar refractivity (Wildman–Crippen MR) is 96.7 cm³/mol. The number of aryl methyl sites for hydroxylation is 1. The van der Waals surface area contributed by atoms with Crippen LogP contribution in [0.4, 0.5) is 0 Å². The van der Waals surface area contributed by atoms with Crippen LogP contribution in [0.3, 0.4) is 0 Å². The van der Waals surface area contributed by atoms with Gasteiger partial charge in [0.05, 0.1) is 35.8 Å². The van der Waals surface area contributed by atoms with Gasteiger partial charge in [-0.2, -0.15) is 0 Å². The first-order valence-corrected chi connectivity index (χ1v) is 8.92. The van der Waals surface area contributed by atoms with Crippen molar-refractivity contribution in [3.05, 3.63) is 58.3 Å². The number of aliphatic hydroxyl groups excluding tert-OH is 1. The zero-order valence-electron chi connectivity index (χ0n) is 14.8. The maximum Gasteiger partial charge on any atom is 0.261 e. The largest absolute Gasteiger partial charge is 0.448 e. The number of benzene rings is 1. The number of aromatic nitrogens is 3. The lowest BCUT2D eigenvalue weighted by atomic mass is 10.1. The minimum atomic E-state index is -0.0952. The molecular weight excluding hydrogens is 332 g/mol. The van der Waals surface area contributed by atoms with Gasteiger partial charge >= 0.3 is 0 Å². The van der Waals surface area contributed by atoms with Gasteiger partial charge in [0.15, 0.2) is 6.39 Å². The highest BCUT2D eigenvalue weighted by Crippen LogP contribution is 2.32. The van der Waals surface area contributed by atoms with Crippen molar-refractivity contribution in [2.45, 2.75) is 38.9 Å². The molecule has 3 heterocycles. The lowest BCUT2D eigenvalue weighted by Gasteiger charge is -2.26. The van der Waals surface area contributed by atoms with Crippen molar-refractivity contribution >= 4 is 10.9 Å². The van der Waals surface area contributed by atoms with E-state index in [-0.39, 0.29) is 24.8 Å². The molecule has 7 nitrogen and oxygen atoms in total. The lowest BCUT2D eigenvalue weighted by Crippen LogP contribution is -2.33. The fourth-order valence-corrected chi connectivity index (χ4v) is 3.74. The summed E-state index contributed by atoms with van der Waals surface area (Å²) in [4.78, 5) is 24.3. The second kappa shape index (κ2) is 7.01. The van der Waals surface area contributed by atoms with Gasteiger partial charge in [0.2, 0.25) is 0 Å². The molecule has 1 aliphatic rings. The van der Waals surface area contributed by atoms with Gasteiger partial charge in [-0.15, -0.1) is 0 Å². The number of fused-ring (bicyclic) bond motifs is 1. The number of para-hydroxylation sites is 1. The Morgan fingerprint density at radius 1 is 1.35 bits per heavy atom. The summed E-state index contributed by atoms with van der Waals surface area (Å²) in [6.45, 7) is 3.64. The Labute approximate surface area is 150 Å². The monoisotopic (exact) mass is 354 g/mol. The smallest absolute Gasteiger partial charge is 0.261 e. The van der Waals surface area contributed by atoms with Crippen LogP contribution in [0.25, 0.3) is 10.9 Å². The van der Waals surface area contributed by atoms with E-state index in [1.807, 2.05) is 25.1 Å². The molecule has 2 aromatic heterocycles. The molecule has 136 valence electrons. The molecule has 1 unspecified atom stereocenters. The average molecular weight is 354 g/mol. The third-order valence-corrected chi connectivity index (χ3v) is 5.07. The first-order valence-electron chi connectivity index (χ1n) is 8.92. The SMILES string of the molecule is Cc1ocnc1CN1CCCC1c1nc2ccccc2c(=O)n1CCO. The van der Waals surface area contributed by atoms with E-state index in [2.05, 4.69) is 9.88 Å². The average Bonchev–Trinajstić information content (AvgIpc) is 3.27. The summed E-state index contributed by atoms with van der Waals surface area (Å²) in [6, 6.07) is 7.40. The van der Waals surface area contributed by atoms with Gasteiger partial charge < -0.3 is 9.52 Å². The number of hydrogen-bond acceptors (Lipinski definition) is 6. The highest BCUT2D eigenvalue weighted by atomic mass is 16.3. The standard InChI is InChI=1S/C19H22N4O3/c1-13-16(20-12-26-13)11-22-8-4-7-17(22)18-21-15-6-3-2-5-14(15)19(25)23(18)9-10-24/h2-3,5-6,12,17,24H,4,7-11H2,1H3. The van der Waals surface area contributed by atoms with Crippen LogP contribution >= 0.6 is 0 Å².